The molecule has 16 amide bonds. The van der Waals surface area contributed by atoms with Crippen molar-refractivity contribution in [2.75, 3.05) is 139 Å². The van der Waals surface area contributed by atoms with Crippen LogP contribution in [0.5, 0.6) is 0 Å². The number of esters is 1. The number of primary amides is 1. The summed E-state index contributed by atoms with van der Waals surface area (Å²) in [6.45, 7) is 19.4. The first kappa shape index (κ1) is 123. The number of carbonyl (C=O) groups excluding carboxylic acids is 16. The molecule has 3 heterocycles. The standard InChI is InChI=1S/C94H155N17O30P2/c1-17-59(8)81(109(14)92(125)79(57(4)5)107-90(123)80(58(6)7)108(12)13)72(133-15)53-76(115)110-40-24-29-70(110)82(134-16)61(10)84(117)100-62(11)83(64-25-19-18-20-26-64)141-143(131,132)140-55-63-30-32-65(33-31-63)101-85(118)67(28-23-38-98-94(96)127)105-89(122)78(56(2)3)106-86(119)66(27-21-22-37-95)104-87(120)69(52-75(114)102-68-34-42-139-93(68)126)103-74(113)35-41-135-44-46-137-48-49-138-47-45-136-43-39-97-88(121)71(111-77(116)51-60(9)91(111)124)54-99-73(112)36-50-142(128,129)130/h18-20,25-26,30-33,56-62,66-72,78-83H,17,21-24,27-29,34-55,95H2,1-16H3,(H,97,121)(H,99,112)(H,100,117)(H,101,118)(H,102,114)(H,103,113)(H,104,120)(H,105,122)(H,106,119)(H,107,123)(H,131,132)(H3,96,98,127)(H2,128,129,130)/t59-,60?,61+,62+,66-,67-,68-,69-,70-,71-,72+,78-,79-,80-,81-,82+,83+/m0/s1. The van der Waals surface area contributed by atoms with Crippen LogP contribution in [0.2, 0.25) is 0 Å². The molecule has 0 aliphatic carbocycles. The molecule has 143 heavy (non-hydrogen) atoms. The van der Waals surface area contributed by atoms with Gasteiger partial charge in [-0.15, -0.1) is 0 Å². The van der Waals surface area contributed by atoms with Crippen LogP contribution in [0.25, 0.3) is 0 Å². The summed E-state index contributed by atoms with van der Waals surface area (Å²) < 4.78 is 76.1. The van der Waals surface area contributed by atoms with Gasteiger partial charge in [-0.2, -0.15) is 0 Å². The number of anilines is 1. The number of unbranched alkanes of at least 4 members (excludes halogenated alkanes) is 1. The molecule has 0 spiro atoms. The van der Waals surface area contributed by atoms with Gasteiger partial charge in [0.25, 0.3) is 0 Å². The van der Waals surface area contributed by atoms with Crippen molar-refractivity contribution in [3.63, 3.8) is 0 Å². The van der Waals surface area contributed by atoms with Gasteiger partial charge in [-0.25, -0.2) is 14.2 Å². The van der Waals surface area contributed by atoms with Crippen LogP contribution in [0.1, 0.15) is 183 Å². The molecule has 49 heteroatoms. The second kappa shape index (κ2) is 62.7. The zero-order valence-electron chi connectivity index (χ0n) is 85.2. The number of phosphoric ester groups is 1. The number of likely N-dealkylation sites (N-methyl/N-ethyl adjacent to an activating group) is 2. The first-order chi connectivity index (χ1) is 67.6. The maximum absolute atomic E-state index is 14.7. The molecular formula is C94H155N17O30P2. The van der Waals surface area contributed by atoms with Gasteiger partial charge in [0.05, 0.1) is 127 Å². The second-order valence-corrected chi connectivity index (χ2v) is 40.4. The molecule has 2 aromatic rings. The second-order valence-electron chi connectivity index (χ2n) is 37.3. The van der Waals surface area contributed by atoms with Crippen molar-refractivity contribution >= 4 is 116 Å². The highest BCUT2D eigenvalue weighted by Crippen LogP contribution is 2.50. The summed E-state index contributed by atoms with van der Waals surface area (Å²) in [6.07, 6.45) is -3.09. The number of hydrogen-bond acceptors (Lipinski definition) is 29. The predicted molar refractivity (Wildman–Crippen MR) is 522 cm³/mol. The van der Waals surface area contributed by atoms with Crippen LogP contribution in [-0.2, 0) is 130 Å². The van der Waals surface area contributed by atoms with Crippen molar-refractivity contribution in [3.8, 4) is 0 Å². The Morgan fingerprint density at radius 3 is 1.77 bits per heavy atom. The lowest BCUT2D eigenvalue weighted by molar-refractivity contribution is -0.148. The highest BCUT2D eigenvalue weighted by molar-refractivity contribution is 7.51. The number of phosphoric acid groups is 1. The fourth-order valence-corrected chi connectivity index (χ4v) is 18.3. The fraction of sp³-hybridized carbons (Fsp3) is 0.702. The number of amides is 16. The Morgan fingerprint density at radius 1 is 0.608 bits per heavy atom. The summed E-state index contributed by atoms with van der Waals surface area (Å²) in [4.78, 5) is 253. The minimum atomic E-state index is -5.03. The zero-order valence-corrected chi connectivity index (χ0v) is 86.9. The van der Waals surface area contributed by atoms with Crippen molar-refractivity contribution < 1.29 is 143 Å². The summed E-state index contributed by atoms with van der Waals surface area (Å²) >= 11 is 0. The largest absolute Gasteiger partial charge is 0.473 e. The Bertz CT molecular complexity index is 4550. The summed E-state index contributed by atoms with van der Waals surface area (Å²) in [5.41, 5.74) is 12.1. The van der Waals surface area contributed by atoms with E-state index in [2.05, 4.69) is 58.5 Å². The molecule has 0 aromatic heterocycles. The first-order valence-corrected chi connectivity index (χ1v) is 52.0. The summed E-state index contributed by atoms with van der Waals surface area (Å²) in [6, 6.07) is 1.58. The summed E-state index contributed by atoms with van der Waals surface area (Å²) in [7, 11) is -1.27. The van der Waals surface area contributed by atoms with Crippen LogP contribution < -0.4 is 70.0 Å². The minimum absolute atomic E-state index is 0.00773. The van der Waals surface area contributed by atoms with Crippen molar-refractivity contribution in [1.29, 1.82) is 0 Å². The molecule has 18 N–H and O–H groups in total. The molecule has 2 unspecified atom stereocenters. The number of hydrogen-bond donors (Lipinski definition) is 16. The van der Waals surface area contributed by atoms with Crippen LogP contribution in [0.15, 0.2) is 54.6 Å². The Labute approximate surface area is 836 Å². The molecule has 18 atom stereocenters. The third kappa shape index (κ3) is 42.1. The molecule has 3 saturated heterocycles. The highest BCUT2D eigenvalue weighted by atomic mass is 31.2. The van der Waals surface area contributed by atoms with Crippen molar-refractivity contribution in [2.24, 2.45) is 47.0 Å². The van der Waals surface area contributed by atoms with E-state index < -0.39 is 227 Å². The number of carbonyl (C=O) groups is 16. The van der Waals surface area contributed by atoms with Crippen molar-refractivity contribution in [2.45, 2.75) is 257 Å². The molecular weight excluding hydrogens is 1910 g/mol. The smallest absolute Gasteiger partial charge is 0.464 e. The lowest BCUT2D eigenvalue weighted by Gasteiger charge is -2.41. The molecule has 3 aliphatic rings. The van der Waals surface area contributed by atoms with E-state index in [1.54, 1.807) is 74.9 Å². The van der Waals surface area contributed by atoms with Crippen LogP contribution in [0, 0.1) is 35.5 Å². The number of nitrogens with one attached hydrogen (secondary N) is 11. The van der Waals surface area contributed by atoms with Crippen molar-refractivity contribution in [1.82, 2.24) is 72.8 Å². The monoisotopic (exact) mass is 2060 g/mol. The number of urea groups is 1. The Kier molecular flexibility index (Phi) is 54.1. The SMILES string of the molecule is CC[C@H](C)[C@@H]([C@@H](CC(=O)N1CCC[C@H]1[C@H](OC)[C@@H](C)C(=O)N[C@H](C)[C@@H](OP(=O)(O)OCc1ccc(NC(=O)[C@H](CCCNC(N)=O)NC(=O)[C@@H](NC(=O)[C@H](CCCCN)NC(=O)[C@H](CC(=O)N[C@H]2CCOC2=O)NC(=O)CCOCCOCCOCCOCCNC(=O)[C@H](CNC(=O)CCP(=O)(O)O)N2C(=O)CC(C)C2=O)C(C)C)cc1)c1ccccc1)OC)N(C)C(=O)[C@@H](NC(=O)[C@H](C(C)C)N(C)C)C(C)C. The van der Waals surface area contributed by atoms with E-state index in [9.17, 15) is 90.7 Å². The van der Waals surface area contributed by atoms with Gasteiger partial charge < -0.3 is 128 Å². The normalized spacial score (nSPS) is 18.3. The number of methoxy groups -OCH3 is 2. The molecule has 5 rings (SSSR count). The van der Waals surface area contributed by atoms with E-state index in [0.717, 1.165) is 4.90 Å². The van der Waals surface area contributed by atoms with Gasteiger partial charge in [-0.05, 0) is 119 Å². The predicted octanol–water partition coefficient (Wildman–Crippen LogP) is 1.17. The van der Waals surface area contributed by atoms with E-state index in [1.165, 1.54) is 45.4 Å². The van der Waals surface area contributed by atoms with E-state index in [4.69, 9.17) is 63.5 Å². The maximum atomic E-state index is 14.7. The average Bonchev–Trinajstić information content (AvgIpc) is 1.73. The Balaban J connectivity index is 1.17. The molecule has 0 radical (unpaired) electrons. The highest BCUT2D eigenvalue weighted by Gasteiger charge is 2.47. The van der Waals surface area contributed by atoms with Crippen LogP contribution >= 0.6 is 15.4 Å². The van der Waals surface area contributed by atoms with Crippen LogP contribution in [-0.4, -0.2) is 341 Å². The number of likely N-dealkylation sites (tertiary alicyclic amines) is 2. The van der Waals surface area contributed by atoms with E-state index in [-0.39, 0.29) is 172 Å². The van der Waals surface area contributed by atoms with Gasteiger partial charge in [-0.3, -0.25) is 90.5 Å². The van der Waals surface area contributed by atoms with Gasteiger partial charge in [0.1, 0.15) is 48.4 Å². The van der Waals surface area contributed by atoms with Gasteiger partial charge in [0.15, 0.2) is 0 Å². The summed E-state index contributed by atoms with van der Waals surface area (Å²) in [5, 5.41) is 29.1. The molecule has 3 aliphatic heterocycles. The van der Waals surface area contributed by atoms with Crippen molar-refractivity contribution in [3.05, 3.63) is 65.7 Å². The maximum Gasteiger partial charge on any atom is 0.473 e. The molecule has 0 saturated carbocycles. The fourth-order valence-electron chi connectivity index (χ4n) is 16.9. The zero-order chi connectivity index (χ0) is 107. The number of imide groups is 1. The molecule has 0 bridgehead atoms. The molecule has 3 fully saturated rings. The topological polar surface area (TPSA) is 648 Å². The van der Waals surface area contributed by atoms with Crippen LogP contribution in [0.4, 0.5) is 10.5 Å². The van der Waals surface area contributed by atoms with Crippen LogP contribution in [0.3, 0.4) is 0 Å². The van der Waals surface area contributed by atoms with Gasteiger partial charge >= 0.3 is 27.4 Å². The Hall–Kier alpha value is -10.1. The Morgan fingerprint density at radius 2 is 1.21 bits per heavy atom. The third-order valence-corrected chi connectivity index (χ3v) is 26.5. The molecule has 47 nitrogen and oxygen atoms in total. The lowest BCUT2D eigenvalue weighted by Crippen LogP contribution is -2.59. The number of nitrogens with zero attached hydrogens (tertiary/aromatic N) is 4. The van der Waals surface area contributed by atoms with E-state index >= 15 is 0 Å². The van der Waals surface area contributed by atoms with Gasteiger partial charge in [-0.1, -0.05) is 118 Å². The average molecular weight is 2070 g/mol. The quantitative estimate of drug-likeness (QED) is 0.0191. The number of ether oxygens (including phenoxy) is 7. The number of cyclic esters (lactones) is 1. The number of nitrogens with two attached hydrogens (primary N) is 2. The number of benzene rings is 2. The third-order valence-electron chi connectivity index (χ3n) is 24.8. The number of rotatable bonds is 68. The minimum Gasteiger partial charge on any atom is -0.464 e. The summed E-state index contributed by atoms with van der Waals surface area (Å²) in [5.74, 6) is -12.7. The first-order valence-electron chi connectivity index (χ1n) is 48.7. The molecule has 806 valence electrons. The van der Waals surface area contributed by atoms with Gasteiger partial charge in [0.2, 0.25) is 82.7 Å². The van der Waals surface area contributed by atoms with E-state index in [0.29, 0.717) is 43.4 Å². The van der Waals surface area contributed by atoms with E-state index in [1.807, 2.05) is 60.5 Å². The van der Waals surface area contributed by atoms with Gasteiger partial charge in [0, 0.05) is 84.7 Å². The molecule has 2 aromatic carbocycles. The lowest BCUT2D eigenvalue weighted by atomic mass is 9.89.